The molecule has 0 spiro atoms. The quantitative estimate of drug-likeness (QED) is 0.505. The Bertz CT molecular complexity index is 385. The largest absolute Gasteiger partial charge is 0.457 e. The minimum Gasteiger partial charge on any atom is -0.457 e. The highest BCUT2D eigenvalue weighted by molar-refractivity contribution is 5.27. The monoisotopic (exact) mass is 228 g/mol. The van der Waals surface area contributed by atoms with Gasteiger partial charge in [0, 0.05) is 0 Å². The van der Waals surface area contributed by atoms with Crippen LogP contribution in [-0.2, 0) is 0 Å². The summed E-state index contributed by atoms with van der Waals surface area (Å²) in [5.74, 6) is 2.27. The lowest BCUT2D eigenvalue weighted by Crippen LogP contribution is -1.90. The molecule has 90 valence electrons. The third-order valence-corrected chi connectivity index (χ3v) is 2.18. The standard InChI is InChI=1S/C16H20O/c1-4-15(11-9-8-10-14(2)3)17-16-12-6-5-7-13-16/h4-9,11-14H,1,10H2,2-3H3/b9-8-,15-11+. The van der Waals surface area contributed by atoms with Gasteiger partial charge in [0.05, 0.1) is 0 Å². The molecule has 1 aromatic carbocycles. The number of allylic oxidation sites excluding steroid dienone is 4. The van der Waals surface area contributed by atoms with E-state index in [4.69, 9.17) is 4.74 Å². The zero-order chi connectivity index (χ0) is 12.5. The summed E-state index contributed by atoms with van der Waals surface area (Å²) in [5.41, 5.74) is 0. The van der Waals surface area contributed by atoms with E-state index in [-0.39, 0.29) is 0 Å². The van der Waals surface area contributed by atoms with Crippen molar-refractivity contribution in [2.75, 3.05) is 0 Å². The fourth-order valence-corrected chi connectivity index (χ4v) is 1.28. The third-order valence-electron chi connectivity index (χ3n) is 2.18. The van der Waals surface area contributed by atoms with Gasteiger partial charge in [-0.05, 0) is 36.6 Å². The molecule has 0 radical (unpaired) electrons. The van der Waals surface area contributed by atoms with Gasteiger partial charge < -0.3 is 4.74 Å². The lowest BCUT2D eigenvalue weighted by atomic mass is 10.1. The molecule has 0 heterocycles. The molecule has 0 aliphatic rings. The summed E-state index contributed by atoms with van der Waals surface area (Å²) in [5, 5.41) is 0. The second-order valence-electron chi connectivity index (χ2n) is 4.25. The Hall–Kier alpha value is -1.76. The maximum Gasteiger partial charge on any atom is 0.127 e. The minimum atomic E-state index is 0.682. The molecule has 1 aromatic rings. The lowest BCUT2D eigenvalue weighted by molar-refractivity contribution is 0.445. The average Bonchev–Trinajstić information content (AvgIpc) is 2.34. The van der Waals surface area contributed by atoms with Crippen molar-refractivity contribution in [1.82, 2.24) is 0 Å². The topological polar surface area (TPSA) is 9.23 Å². The van der Waals surface area contributed by atoms with Gasteiger partial charge in [-0.25, -0.2) is 0 Å². The molecule has 0 saturated heterocycles. The minimum absolute atomic E-state index is 0.682. The van der Waals surface area contributed by atoms with E-state index in [1.165, 1.54) is 0 Å². The van der Waals surface area contributed by atoms with Gasteiger partial charge in [0.15, 0.2) is 0 Å². The van der Waals surface area contributed by atoms with Crippen LogP contribution in [0.25, 0.3) is 0 Å². The Kier molecular flexibility index (Phi) is 5.87. The Morgan fingerprint density at radius 2 is 2.00 bits per heavy atom. The normalized spacial score (nSPS) is 12.1. The fraction of sp³-hybridized carbons (Fsp3) is 0.250. The molecule has 1 rings (SSSR count). The van der Waals surface area contributed by atoms with Gasteiger partial charge in [-0.2, -0.15) is 0 Å². The van der Waals surface area contributed by atoms with Crippen LogP contribution in [-0.4, -0.2) is 0 Å². The highest BCUT2D eigenvalue weighted by Gasteiger charge is 1.93. The molecule has 0 aliphatic heterocycles. The van der Waals surface area contributed by atoms with Crippen LogP contribution in [0.15, 0.2) is 67.0 Å². The lowest BCUT2D eigenvalue weighted by Gasteiger charge is -2.04. The summed E-state index contributed by atoms with van der Waals surface area (Å²) < 4.78 is 5.66. The average molecular weight is 228 g/mol. The van der Waals surface area contributed by atoms with Gasteiger partial charge in [0.1, 0.15) is 11.5 Å². The summed E-state index contributed by atoms with van der Waals surface area (Å²) in [6, 6.07) is 9.71. The molecule has 0 aromatic heterocycles. The van der Waals surface area contributed by atoms with Crippen molar-refractivity contribution in [2.24, 2.45) is 5.92 Å². The fourth-order valence-electron chi connectivity index (χ4n) is 1.28. The van der Waals surface area contributed by atoms with Crippen LogP contribution >= 0.6 is 0 Å². The number of rotatable bonds is 6. The van der Waals surface area contributed by atoms with Crippen LogP contribution in [0.4, 0.5) is 0 Å². The van der Waals surface area contributed by atoms with Crippen molar-refractivity contribution in [3.05, 3.63) is 67.0 Å². The van der Waals surface area contributed by atoms with Crippen molar-refractivity contribution in [2.45, 2.75) is 20.3 Å². The molecule has 0 N–H and O–H groups in total. The summed E-state index contributed by atoms with van der Waals surface area (Å²) in [4.78, 5) is 0. The van der Waals surface area contributed by atoms with Gasteiger partial charge in [0.2, 0.25) is 0 Å². The maximum absolute atomic E-state index is 5.66. The van der Waals surface area contributed by atoms with E-state index in [9.17, 15) is 0 Å². The van der Waals surface area contributed by atoms with Crippen molar-refractivity contribution in [1.29, 1.82) is 0 Å². The van der Waals surface area contributed by atoms with E-state index < -0.39 is 0 Å². The van der Waals surface area contributed by atoms with Crippen LogP contribution in [0.5, 0.6) is 5.75 Å². The Morgan fingerprint density at radius 1 is 1.29 bits per heavy atom. The summed E-state index contributed by atoms with van der Waals surface area (Å²) in [7, 11) is 0. The number of ether oxygens (including phenoxy) is 1. The van der Waals surface area contributed by atoms with Crippen molar-refractivity contribution < 1.29 is 4.74 Å². The molecule has 0 atom stereocenters. The van der Waals surface area contributed by atoms with Gasteiger partial charge >= 0.3 is 0 Å². The molecular weight excluding hydrogens is 208 g/mol. The second kappa shape index (κ2) is 7.50. The van der Waals surface area contributed by atoms with E-state index in [0.717, 1.165) is 17.9 Å². The zero-order valence-corrected chi connectivity index (χ0v) is 10.6. The molecule has 1 heteroatoms. The van der Waals surface area contributed by atoms with E-state index in [2.05, 4.69) is 26.5 Å². The number of benzene rings is 1. The van der Waals surface area contributed by atoms with Crippen LogP contribution in [0.2, 0.25) is 0 Å². The SMILES string of the molecule is C=C/C(=C\C=C/CC(C)C)Oc1ccccc1. The summed E-state index contributed by atoms with van der Waals surface area (Å²) in [6.45, 7) is 8.14. The first-order valence-corrected chi connectivity index (χ1v) is 5.94. The van der Waals surface area contributed by atoms with E-state index in [0.29, 0.717) is 5.92 Å². The molecule has 0 amide bonds. The predicted octanol–water partition coefficient (Wildman–Crippen LogP) is 4.74. The molecule has 1 nitrogen and oxygen atoms in total. The Labute approximate surface area is 104 Å². The van der Waals surface area contributed by atoms with Gasteiger partial charge in [0.25, 0.3) is 0 Å². The van der Waals surface area contributed by atoms with Crippen LogP contribution in [0.1, 0.15) is 20.3 Å². The smallest absolute Gasteiger partial charge is 0.127 e. The Balaban J connectivity index is 2.57. The molecule has 0 fully saturated rings. The molecular formula is C16H20O. The summed E-state index contributed by atoms with van der Waals surface area (Å²) in [6.07, 6.45) is 8.88. The van der Waals surface area contributed by atoms with Crippen molar-refractivity contribution >= 4 is 0 Å². The molecule has 0 unspecified atom stereocenters. The summed E-state index contributed by atoms with van der Waals surface area (Å²) >= 11 is 0. The first-order chi connectivity index (χ1) is 8.22. The molecule has 0 aliphatic carbocycles. The van der Waals surface area contributed by atoms with E-state index >= 15 is 0 Å². The second-order valence-corrected chi connectivity index (χ2v) is 4.25. The number of hydrogen-bond donors (Lipinski definition) is 0. The van der Waals surface area contributed by atoms with Gasteiger partial charge in [-0.1, -0.05) is 50.8 Å². The Morgan fingerprint density at radius 3 is 2.59 bits per heavy atom. The first kappa shape index (κ1) is 13.3. The zero-order valence-electron chi connectivity index (χ0n) is 10.6. The number of para-hydroxylation sites is 1. The van der Waals surface area contributed by atoms with Gasteiger partial charge in [-0.3, -0.25) is 0 Å². The van der Waals surface area contributed by atoms with E-state index in [1.54, 1.807) is 6.08 Å². The highest BCUT2D eigenvalue weighted by Crippen LogP contribution is 2.13. The van der Waals surface area contributed by atoms with Crippen molar-refractivity contribution in [3.63, 3.8) is 0 Å². The van der Waals surface area contributed by atoms with Crippen LogP contribution in [0.3, 0.4) is 0 Å². The maximum atomic E-state index is 5.66. The molecule has 0 bridgehead atoms. The first-order valence-electron chi connectivity index (χ1n) is 5.94. The van der Waals surface area contributed by atoms with Gasteiger partial charge in [-0.15, -0.1) is 0 Å². The third kappa shape index (κ3) is 5.76. The van der Waals surface area contributed by atoms with Crippen molar-refractivity contribution in [3.8, 4) is 5.75 Å². The van der Waals surface area contributed by atoms with Crippen LogP contribution in [0, 0.1) is 5.92 Å². The highest BCUT2D eigenvalue weighted by atomic mass is 16.5. The molecule has 17 heavy (non-hydrogen) atoms. The van der Waals surface area contributed by atoms with E-state index in [1.807, 2.05) is 42.5 Å². The predicted molar refractivity (Wildman–Crippen MR) is 73.9 cm³/mol. The van der Waals surface area contributed by atoms with Crippen LogP contribution < -0.4 is 4.74 Å². The molecule has 0 saturated carbocycles. The number of hydrogen-bond acceptors (Lipinski definition) is 1.